The van der Waals surface area contributed by atoms with Crippen LogP contribution < -0.4 is 14.2 Å². The second-order valence-corrected chi connectivity index (χ2v) is 14.3. The zero-order valence-electron chi connectivity index (χ0n) is 31.5. The van der Waals surface area contributed by atoms with Crippen LogP contribution in [0.15, 0.2) is 24.3 Å². The molecule has 1 aliphatic heterocycles. The van der Waals surface area contributed by atoms with Crippen molar-refractivity contribution in [2.45, 2.75) is 150 Å². The van der Waals surface area contributed by atoms with Crippen molar-refractivity contribution in [2.75, 3.05) is 19.8 Å². The first-order valence-corrected chi connectivity index (χ1v) is 18.8. The third-order valence-corrected chi connectivity index (χ3v) is 9.17. The molecule has 0 fully saturated rings. The first-order valence-electron chi connectivity index (χ1n) is 18.8. The summed E-state index contributed by atoms with van der Waals surface area (Å²) in [7, 11) is 0. The molecule has 0 aliphatic carbocycles. The van der Waals surface area contributed by atoms with E-state index < -0.39 is 5.82 Å². The molecule has 50 heavy (non-hydrogen) atoms. The maximum Gasteiger partial charge on any atom is 0.311 e. The van der Waals surface area contributed by atoms with Gasteiger partial charge in [-0.25, -0.2) is 4.39 Å². The Labute approximate surface area is 311 Å². The number of fused-ring (bicyclic) bond motifs is 1. The van der Waals surface area contributed by atoms with Crippen LogP contribution in [0.2, 0.25) is 0 Å². The monoisotopic (exact) mass is 760 g/mol. The molecule has 0 amide bonds. The van der Waals surface area contributed by atoms with Gasteiger partial charge in [0.1, 0.15) is 11.6 Å². The van der Waals surface area contributed by atoms with Gasteiger partial charge in [-0.05, 0) is 55.5 Å². The van der Waals surface area contributed by atoms with E-state index in [1.807, 2.05) is 27.7 Å². The van der Waals surface area contributed by atoms with Crippen molar-refractivity contribution in [3.05, 3.63) is 52.3 Å². The SMILES string of the molecule is Br.CCCCCCCCCCCCCCCCC(=O)Oc1ccc(C(=O)CN2Cc3cc(OCC)c(OCC)c(F)c3C2=N)cc1C(C)(C)C. The molecule has 3 rings (SSSR count). The number of amidine groups is 1. The van der Waals surface area contributed by atoms with E-state index in [1.165, 1.54) is 70.6 Å². The molecule has 0 saturated heterocycles. The summed E-state index contributed by atoms with van der Waals surface area (Å²) >= 11 is 0. The fourth-order valence-electron chi connectivity index (χ4n) is 6.44. The van der Waals surface area contributed by atoms with Crippen LogP contribution in [0.25, 0.3) is 0 Å². The van der Waals surface area contributed by atoms with Gasteiger partial charge in [-0.1, -0.05) is 111 Å². The highest BCUT2D eigenvalue weighted by Gasteiger charge is 2.33. The summed E-state index contributed by atoms with van der Waals surface area (Å²) in [5.74, 6) is -0.413. The number of esters is 1. The predicted octanol–water partition coefficient (Wildman–Crippen LogP) is 11.3. The lowest BCUT2D eigenvalue weighted by atomic mass is 9.85. The van der Waals surface area contributed by atoms with Gasteiger partial charge in [-0.2, -0.15) is 0 Å². The first-order chi connectivity index (χ1) is 23.5. The van der Waals surface area contributed by atoms with E-state index in [-0.39, 0.29) is 71.0 Å². The summed E-state index contributed by atoms with van der Waals surface area (Å²) in [6, 6.07) is 6.85. The molecule has 9 heteroatoms. The van der Waals surface area contributed by atoms with Gasteiger partial charge in [-0.3, -0.25) is 15.0 Å². The van der Waals surface area contributed by atoms with Crippen LogP contribution in [0, 0.1) is 11.2 Å². The Balaban J connectivity index is 0.00000867. The van der Waals surface area contributed by atoms with E-state index in [2.05, 4.69) is 6.92 Å². The van der Waals surface area contributed by atoms with Crippen LogP contribution in [-0.2, 0) is 16.8 Å². The molecular formula is C41H62BrFN2O5. The number of unbranched alkanes of at least 4 members (excludes halogenated alkanes) is 13. The minimum absolute atomic E-state index is 0. The van der Waals surface area contributed by atoms with Crippen LogP contribution in [0.3, 0.4) is 0 Å². The second-order valence-electron chi connectivity index (χ2n) is 14.3. The lowest BCUT2D eigenvalue weighted by molar-refractivity contribution is -0.134. The standard InChI is InChI=1S/C41H61FN2O5.BrH/c1-7-10-11-12-13-14-15-16-17-18-19-20-21-22-23-36(46)49-34-25-24-30(26-32(34)41(4,5)6)33(45)29-44-28-31-27-35(47-8-2)39(48-9-3)38(42)37(31)40(44)43;/h24-27,43H,7-23,28-29H2,1-6H3;1H. The molecule has 0 radical (unpaired) electrons. The number of hydrogen-bond acceptors (Lipinski definition) is 6. The van der Waals surface area contributed by atoms with Crippen molar-refractivity contribution in [3.8, 4) is 17.2 Å². The van der Waals surface area contributed by atoms with Crippen LogP contribution in [0.1, 0.15) is 165 Å². The normalized spacial score (nSPS) is 12.5. The van der Waals surface area contributed by atoms with Crippen LogP contribution in [0.5, 0.6) is 17.2 Å². The van der Waals surface area contributed by atoms with E-state index in [0.717, 1.165) is 24.8 Å². The quantitative estimate of drug-likeness (QED) is 0.0525. The van der Waals surface area contributed by atoms with Gasteiger partial charge in [0.05, 0.1) is 25.3 Å². The van der Waals surface area contributed by atoms with Crippen LogP contribution in [0.4, 0.5) is 4.39 Å². The average Bonchev–Trinajstić information content (AvgIpc) is 3.36. The lowest BCUT2D eigenvalue weighted by Crippen LogP contribution is -2.30. The summed E-state index contributed by atoms with van der Waals surface area (Å²) in [4.78, 5) is 27.9. The van der Waals surface area contributed by atoms with Crippen LogP contribution >= 0.6 is 17.0 Å². The number of nitrogens with zero attached hydrogens (tertiary/aromatic N) is 1. The lowest BCUT2D eigenvalue weighted by Gasteiger charge is -2.23. The number of benzene rings is 2. The van der Waals surface area contributed by atoms with E-state index >= 15 is 4.39 Å². The molecule has 0 saturated carbocycles. The van der Waals surface area contributed by atoms with E-state index in [1.54, 1.807) is 36.1 Å². The smallest absolute Gasteiger partial charge is 0.311 e. The number of ether oxygens (including phenoxy) is 3. The zero-order valence-corrected chi connectivity index (χ0v) is 33.2. The molecular weight excluding hydrogens is 699 g/mol. The van der Waals surface area contributed by atoms with Crippen molar-refractivity contribution in [1.82, 2.24) is 4.90 Å². The number of carbonyl (C=O) groups is 2. The van der Waals surface area contributed by atoms with Crippen molar-refractivity contribution in [1.29, 1.82) is 5.41 Å². The fraction of sp³-hybridized carbons (Fsp3) is 0.634. The van der Waals surface area contributed by atoms with E-state index in [4.69, 9.17) is 19.6 Å². The second kappa shape index (κ2) is 22.1. The van der Waals surface area contributed by atoms with Gasteiger partial charge >= 0.3 is 5.97 Å². The van der Waals surface area contributed by atoms with Gasteiger partial charge in [0.25, 0.3) is 0 Å². The Hall–Kier alpha value is -2.94. The molecule has 1 N–H and O–H groups in total. The number of halogens is 2. The summed E-state index contributed by atoms with van der Waals surface area (Å²) in [6.07, 6.45) is 18.0. The van der Waals surface area contributed by atoms with Crippen molar-refractivity contribution in [2.24, 2.45) is 0 Å². The average molecular weight is 762 g/mol. The number of ketones is 1. The third kappa shape index (κ3) is 13.0. The Morgan fingerprint density at radius 3 is 1.90 bits per heavy atom. The predicted molar refractivity (Wildman–Crippen MR) is 206 cm³/mol. The van der Waals surface area contributed by atoms with Gasteiger partial charge in [0.15, 0.2) is 23.1 Å². The molecule has 0 unspecified atom stereocenters. The van der Waals surface area contributed by atoms with E-state index in [0.29, 0.717) is 35.7 Å². The number of rotatable bonds is 23. The number of Topliss-reactive ketones (excluding diaryl/α,β-unsaturated/α-hetero) is 1. The number of carbonyl (C=O) groups excluding carboxylic acids is 2. The Morgan fingerprint density at radius 1 is 0.800 bits per heavy atom. The molecule has 280 valence electrons. The van der Waals surface area contributed by atoms with Gasteiger partial charge < -0.3 is 19.1 Å². The third-order valence-electron chi connectivity index (χ3n) is 9.17. The summed E-state index contributed by atoms with van der Waals surface area (Å²) < 4.78 is 32.4. The molecule has 0 bridgehead atoms. The van der Waals surface area contributed by atoms with E-state index in [9.17, 15) is 9.59 Å². The minimum Gasteiger partial charge on any atom is -0.490 e. The Morgan fingerprint density at radius 2 is 1.36 bits per heavy atom. The molecule has 2 aromatic rings. The molecule has 1 heterocycles. The highest BCUT2D eigenvalue weighted by atomic mass is 79.9. The largest absolute Gasteiger partial charge is 0.490 e. The molecule has 0 spiro atoms. The van der Waals surface area contributed by atoms with Crippen molar-refractivity contribution >= 4 is 34.6 Å². The van der Waals surface area contributed by atoms with Gasteiger partial charge in [0.2, 0.25) is 0 Å². The topological polar surface area (TPSA) is 88.9 Å². The Kier molecular flexibility index (Phi) is 19.1. The molecule has 1 aliphatic rings. The first kappa shape index (κ1) is 43.2. The molecule has 0 aromatic heterocycles. The fourth-order valence-corrected chi connectivity index (χ4v) is 6.44. The highest BCUT2D eigenvalue weighted by Crippen LogP contribution is 2.39. The molecule has 0 atom stereocenters. The van der Waals surface area contributed by atoms with Gasteiger partial charge in [0, 0.05) is 24.1 Å². The highest BCUT2D eigenvalue weighted by molar-refractivity contribution is 8.93. The van der Waals surface area contributed by atoms with Gasteiger partial charge in [-0.15, -0.1) is 17.0 Å². The maximum absolute atomic E-state index is 15.5. The molecule has 7 nitrogen and oxygen atoms in total. The maximum atomic E-state index is 15.5. The summed E-state index contributed by atoms with van der Waals surface area (Å²) in [6.45, 7) is 12.6. The number of nitrogens with one attached hydrogen (secondary N) is 1. The minimum atomic E-state index is -0.641. The summed E-state index contributed by atoms with van der Waals surface area (Å²) in [5.41, 5.74) is 1.55. The van der Waals surface area contributed by atoms with Crippen LogP contribution in [-0.4, -0.2) is 42.2 Å². The van der Waals surface area contributed by atoms with Crippen molar-refractivity contribution in [3.63, 3.8) is 0 Å². The van der Waals surface area contributed by atoms with Crippen molar-refractivity contribution < 1.29 is 28.2 Å². The Bertz CT molecular complexity index is 1390. The number of hydrogen-bond donors (Lipinski definition) is 1. The summed E-state index contributed by atoms with van der Waals surface area (Å²) in [5, 5.41) is 8.67. The molecule has 2 aromatic carbocycles. The zero-order chi connectivity index (χ0) is 35.8.